The van der Waals surface area contributed by atoms with Crippen molar-refractivity contribution in [1.29, 1.82) is 0 Å². The zero-order valence-corrected chi connectivity index (χ0v) is 13.3. The van der Waals surface area contributed by atoms with Crippen molar-refractivity contribution in [1.82, 2.24) is 0 Å². The molecule has 0 fully saturated rings. The van der Waals surface area contributed by atoms with Crippen molar-refractivity contribution in [3.63, 3.8) is 0 Å². The molecular weight excluding hydrogens is 239 g/mol. The van der Waals surface area contributed by atoms with Crippen molar-refractivity contribution in [3.05, 3.63) is 24.3 Å². The monoisotopic (exact) mass is 266 g/mol. The molecule has 1 aliphatic rings. The van der Waals surface area contributed by atoms with E-state index in [9.17, 15) is 0 Å². The molecule has 1 atom stereocenters. The standard InChI is InChI=1S/C15H27BO3/c1-13(2,3)18-16(19-14(4,5)6)15(17-7)11-9-8-10-12-15/h8-11H,12H2,1-7H3. The molecule has 1 unspecified atom stereocenters. The average molecular weight is 266 g/mol. The highest BCUT2D eigenvalue weighted by Gasteiger charge is 2.48. The largest absolute Gasteiger partial charge is 0.496 e. The molecule has 0 radical (unpaired) electrons. The van der Waals surface area contributed by atoms with Gasteiger partial charge in [0, 0.05) is 18.3 Å². The van der Waals surface area contributed by atoms with E-state index >= 15 is 0 Å². The summed E-state index contributed by atoms with van der Waals surface area (Å²) in [5, 5.41) is 0. The van der Waals surface area contributed by atoms with Gasteiger partial charge in [-0.2, -0.15) is 0 Å². The molecule has 19 heavy (non-hydrogen) atoms. The molecule has 0 bridgehead atoms. The summed E-state index contributed by atoms with van der Waals surface area (Å²) in [6.07, 6.45) is 8.85. The first-order valence-electron chi connectivity index (χ1n) is 6.83. The summed E-state index contributed by atoms with van der Waals surface area (Å²) in [6.45, 7) is 12.2. The van der Waals surface area contributed by atoms with Crippen molar-refractivity contribution < 1.29 is 14.0 Å². The lowest BCUT2D eigenvalue weighted by Crippen LogP contribution is -2.55. The van der Waals surface area contributed by atoms with Gasteiger partial charge in [-0.1, -0.05) is 24.3 Å². The zero-order chi connectivity index (χ0) is 14.7. The zero-order valence-electron chi connectivity index (χ0n) is 13.3. The second-order valence-electron chi connectivity index (χ2n) is 6.94. The summed E-state index contributed by atoms with van der Waals surface area (Å²) in [7, 11) is 1.26. The molecule has 0 aliphatic heterocycles. The van der Waals surface area contributed by atoms with Gasteiger partial charge < -0.3 is 14.0 Å². The minimum atomic E-state index is -0.560. The van der Waals surface area contributed by atoms with Crippen LogP contribution in [0.5, 0.6) is 0 Å². The van der Waals surface area contributed by atoms with Gasteiger partial charge in [-0.25, -0.2) is 0 Å². The van der Waals surface area contributed by atoms with Crippen LogP contribution in [-0.4, -0.2) is 30.9 Å². The maximum atomic E-state index is 6.12. The second-order valence-corrected chi connectivity index (χ2v) is 6.94. The molecule has 0 saturated carbocycles. The van der Waals surface area contributed by atoms with Crippen LogP contribution in [0.2, 0.25) is 0 Å². The molecular formula is C15H27BO3. The molecule has 0 amide bonds. The third kappa shape index (κ3) is 5.13. The molecule has 108 valence electrons. The molecule has 4 heteroatoms. The van der Waals surface area contributed by atoms with Crippen LogP contribution in [0.1, 0.15) is 48.0 Å². The van der Waals surface area contributed by atoms with Gasteiger partial charge in [-0.3, -0.25) is 0 Å². The molecule has 0 heterocycles. The number of methoxy groups -OCH3 is 1. The van der Waals surface area contributed by atoms with Crippen LogP contribution in [0.4, 0.5) is 0 Å². The fourth-order valence-electron chi connectivity index (χ4n) is 1.91. The van der Waals surface area contributed by atoms with E-state index in [1.165, 1.54) is 0 Å². The van der Waals surface area contributed by atoms with Crippen molar-refractivity contribution in [2.75, 3.05) is 7.11 Å². The first-order valence-corrected chi connectivity index (χ1v) is 6.83. The maximum Gasteiger partial charge on any atom is 0.496 e. The number of hydrogen-bond donors (Lipinski definition) is 0. The third-order valence-corrected chi connectivity index (χ3v) is 2.76. The SMILES string of the molecule is COC1(B(OC(C)(C)C)OC(C)(C)C)C=CC=CC1. The first kappa shape index (κ1) is 16.5. The lowest BCUT2D eigenvalue weighted by molar-refractivity contribution is -0.0206. The number of ether oxygens (including phenoxy) is 1. The highest BCUT2D eigenvalue weighted by molar-refractivity contribution is 6.49. The van der Waals surface area contributed by atoms with Gasteiger partial charge >= 0.3 is 7.12 Å². The fourth-order valence-corrected chi connectivity index (χ4v) is 1.91. The van der Waals surface area contributed by atoms with E-state index in [-0.39, 0.29) is 11.2 Å². The van der Waals surface area contributed by atoms with E-state index < -0.39 is 12.6 Å². The quantitative estimate of drug-likeness (QED) is 0.728. The van der Waals surface area contributed by atoms with E-state index in [0.717, 1.165) is 6.42 Å². The van der Waals surface area contributed by atoms with E-state index in [4.69, 9.17) is 14.0 Å². The Bertz CT molecular complexity index is 333. The Balaban J connectivity index is 3.00. The van der Waals surface area contributed by atoms with Gasteiger partial charge in [0.05, 0.1) is 0 Å². The topological polar surface area (TPSA) is 27.7 Å². The highest BCUT2D eigenvalue weighted by Crippen LogP contribution is 2.31. The van der Waals surface area contributed by atoms with Gasteiger partial charge in [0.15, 0.2) is 0 Å². The van der Waals surface area contributed by atoms with E-state index in [1.807, 2.05) is 59.8 Å². The summed E-state index contributed by atoms with van der Waals surface area (Å²) >= 11 is 0. The average Bonchev–Trinajstić information content (AvgIpc) is 2.25. The summed E-state index contributed by atoms with van der Waals surface area (Å²) in [4.78, 5) is 0. The van der Waals surface area contributed by atoms with Crippen LogP contribution >= 0.6 is 0 Å². The lowest BCUT2D eigenvalue weighted by Gasteiger charge is -2.40. The predicted octanol–water partition coefficient (Wildman–Crippen LogP) is 3.55. The summed E-state index contributed by atoms with van der Waals surface area (Å²) < 4.78 is 18.0. The first-order chi connectivity index (χ1) is 8.58. The summed E-state index contributed by atoms with van der Waals surface area (Å²) in [5.41, 5.74) is -1.15. The molecule has 0 N–H and O–H groups in total. The Labute approximate surface area is 118 Å². The van der Waals surface area contributed by atoms with Crippen LogP contribution in [0, 0.1) is 0 Å². The van der Waals surface area contributed by atoms with Crippen LogP contribution in [0.15, 0.2) is 24.3 Å². The molecule has 0 saturated heterocycles. The van der Waals surface area contributed by atoms with Gasteiger partial charge in [0.25, 0.3) is 0 Å². The van der Waals surface area contributed by atoms with Crippen molar-refractivity contribution >= 4 is 7.12 Å². The minimum Gasteiger partial charge on any atom is -0.404 e. The van der Waals surface area contributed by atoms with Crippen LogP contribution in [-0.2, 0) is 14.0 Å². The van der Waals surface area contributed by atoms with Crippen LogP contribution in [0.3, 0.4) is 0 Å². The smallest absolute Gasteiger partial charge is 0.404 e. The van der Waals surface area contributed by atoms with E-state index in [1.54, 1.807) is 7.11 Å². The molecule has 1 rings (SSSR count). The molecule has 1 aliphatic carbocycles. The Hall–Kier alpha value is -0.575. The van der Waals surface area contributed by atoms with E-state index in [0.29, 0.717) is 0 Å². The van der Waals surface area contributed by atoms with Crippen molar-refractivity contribution in [2.45, 2.75) is 64.7 Å². The third-order valence-electron chi connectivity index (χ3n) is 2.76. The van der Waals surface area contributed by atoms with Crippen molar-refractivity contribution in [2.24, 2.45) is 0 Å². The Kier molecular flexibility index (Phi) is 5.05. The van der Waals surface area contributed by atoms with Gasteiger partial charge in [-0.05, 0) is 48.0 Å². The van der Waals surface area contributed by atoms with Gasteiger partial charge in [-0.15, -0.1) is 0 Å². The molecule has 0 spiro atoms. The van der Waals surface area contributed by atoms with Crippen LogP contribution in [0.25, 0.3) is 0 Å². The molecule has 0 aromatic heterocycles. The fraction of sp³-hybridized carbons (Fsp3) is 0.733. The molecule has 3 nitrogen and oxygen atoms in total. The Morgan fingerprint density at radius 1 is 0.947 bits per heavy atom. The van der Waals surface area contributed by atoms with Crippen LogP contribution < -0.4 is 0 Å². The summed E-state index contributed by atoms with van der Waals surface area (Å²) in [6, 6.07) is 0. The minimum absolute atomic E-state index is 0.295. The second kappa shape index (κ2) is 5.82. The van der Waals surface area contributed by atoms with Crippen molar-refractivity contribution in [3.8, 4) is 0 Å². The lowest BCUT2D eigenvalue weighted by atomic mass is 9.62. The maximum absolute atomic E-state index is 6.12. The van der Waals surface area contributed by atoms with Gasteiger partial charge in [0.2, 0.25) is 0 Å². The molecule has 0 aromatic carbocycles. The summed E-state index contributed by atoms with van der Waals surface area (Å²) in [5.74, 6) is 0. The number of allylic oxidation sites excluding steroid dienone is 2. The van der Waals surface area contributed by atoms with E-state index in [2.05, 4.69) is 6.08 Å². The molecule has 0 aromatic rings. The normalized spacial score (nSPS) is 23.7. The highest BCUT2D eigenvalue weighted by atomic mass is 16.6. The number of hydrogen-bond acceptors (Lipinski definition) is 3. The number of rotatable bonds is 4. The Morgan fingerprint density at radius 2 is 1.47 bits per heavy atom. The Morgan fingerprint density at radius 3 is 1.79 bits per heavy atom. The predicted molar refractivity (Wildman–Crippen MR) is 80.1 cm³/mol. The van der Waals surface area contributed by atoms with Gasteiger partial charge in [0.1, 0.15) is 5.50 Å².